The van der Waals surface area contributed by atoms with Crippen LogP contribution in [0, 0.1) is 0 Å². The zero-order valence-electron chi connectivity index (χ0n) is 28.3. The van der Waals surface area contributed by atoms with E-state index in [2.05, 4.69) is 182 Å². The smallest absolute Gasteiger partial charge is 0.0000717 e. The molecule has 0 radical (unpaired) electrons. The lowest BCUT2D eigenvalue weighted by Gasteiger charge is -2.20. The van der Waals surface area contributed by atoms with E-state index >= 15 is 0 Å². The van der Waals surface area contributed by atoms with Gasteiger partial charge in [-0.2, -0.15) is 0 Å². The summed E-state index contributed by atoms with van der Waals surface area (Å²) >= 11 is 0. The first-order valence-corrected chi connectivity index (χ1v) is 18.2. The van der Waals surface area contributed by atoms with E-state index in [1.807, 2.05) is 0 Å². The van der Waals surface area contributed by atoms with Gasteiger partial charge in [-0.25, -0.2) is 0 Å². The molecule has 0 saturated heterocycles. The summed E-state index contributed by atoms with van der Waals surface area (Å²) in [5.41, 5.74) is 7.67. The van der Waals surface area contributed by atoms with E-state index < -0.39 is 0 Å². The summed E-state index contributed by atoms with van der Waals surface area (Å²) < 4.78 is 0. The van der Waals surface area contributed by atoms with Gasteiger partial charge in [0.15, 0.2) is 0 Å². The zero-order chi connectivity index (χ0) is 33.9. The van der Waals surface area contributed by atoms with Crippen molar-refractivity contribution < 1.29 is 0 Å². The van der Waals surface area contributed by atoms with Crippen LogP contribution in [0.5, 0.6) is 0 Å². The van der Waals surface area contributed by atoms with Crippen molar-refractivity contribution in [3.63, 3.8) is 0 Å². The summed E-state index contributed by atoms with van der Waals surface area (Å²) in [4.78, 5) is 0. The Bertz CT molecular complexity index is 3360. The third-order valence-electron chi connectivity index (χ3n) is 11.7. The van der Waals surface area contributed by atoms with Crippen molar-refractivity contribution in [3.8, 4) is 33.4 Å². The first-order chi connectivity index (χ1) is 25.9. The van der Waals surface area contributed by atoms with Crippen molar-refractivity contribution in [2.24, 2.45) is 0 Å². The maximum absolute atomic E-state index is 2.53. The van der Waals surface area contributed by atoms with Crippen molar-refractivity contribution in [2.45, 2.75) is 7.43 Å². The molecule has 0 fully saturated rings. The van der Waals surface area contributed by atoms with Gasteiger partial charge < -0.3 is 0 Å². The van der Waals surface area contributed by atoms with E-state index in [4.69, 9.17) is 0 Å². The Hall–Kier alpha value is -6.76. The summed E-state index contributed by atoms with van der Waals surface area (Å²) in [6, 6.07) is 67.8. The van der Waals surface area contributed by atoms with Gasteiger partial charge in [-0.1, -0.05) is 183 Å². The predicted octanol–water partition coefficient (Wildman–Crippen LogP) is 15.4. The van der Waals surface area contributed by atoms with Crippen LogP contribution in [-0.4, -0.2) is 0 Å². The van der Waals surface area contributed by atoms with Gasteiger partial charge in [0.2, 0.25) is 0 Å². The van der Waals surface area contributed by atoms with Crippen LogP contribution in [0.2, 0.25) is 0 Å². The lowest BCUT2D eigenvalue weighted by molar-refractivity contribution is 1.67. The summed E-state index contributed by atoms with van der Waals surface area (Å²) in [6.07, 6.45) is 0. The average molecular weight is 671 g/mol. The van der Waals surface area contributed by atoms with Crippen LogP contribution in [0.4, 0.5) is 0 Å². The molecule has 0 nitrogen and oxygen atoms in total. The van der Waals surface area contributed by atoms with Gasteiger partial charge in [-0.3, -0.25) is 0 Å². The molecule has 0 atom stereocenters. The van der Waals surface area contributed by atoms with E-state index in [-0.39, 0.29) is 7.43 Å². The molecule has 246 valence electrons. The fourth-order valence-electron chi connectivity index (χ4n) is 9.77. The average Bonchev–Trinajstić information content (AvgIpc) is 3.72. The van der Waals surface area contributed by atoms with Crippen molar-refractivity contribution in [3.05, 3.63) is 182 Å². The van der Waals surface area contributed by atoms with Crippen LogP contribution in [0.15, 0.2) is 182 Å². The minimum absolute atomic E-state index is 0. The van der Waals surface area contributed by atoms with Gasteiger partial charge in [0.05, 0.1) is 0 Å². The van der Waals surface area contributed by atoms with Gasteiger partial charge in [0.1, 0.15) is 0 Å². The van der Waals surface area contributed by atoms with Gasteiger partial charge in [-0.15, -0.1) is 0 Å². The SMILES string of the molecule is C.c1ccc(-c2c3cc4c5ccccc5c5cccc(c3c(-c3ccccc3)c3c2c2cccc6c7ccccc7c(-c7ccccc7)c3c62)c54)cc1. The Morgan fingerprint density at radius 1 is 0.189 bits per heavy atom. The minimum atomic E-state index is 0. The number of benzene rings is 10. The van der Waals surface area contributed by atoms with Crippen LogP contribution < -0.4 is 0 Å². The van der Waals surface area contributed by atoms with E-state index in [1.165, 1.54) is 120 Å². The molecule has 0 heteroatoms. The molecule has 0 amide bonds. The molecular formula is C53H34. The molecule has 0 N–H and O–H groups in total. The highest BCUT2D eigenvalue weighted by atomic mass is 14.3. The largest absolute Gasteiger partial charge is 0.0776 e. The zero-order valence-corrected chi connectivity index (χ0v) is 28.3. The Labute approximate surface area is 307 Å². The van der Waals surface area contributed by atoms with Crippen LogP contribution in [0.25, 0.3) is 120 Å². The monoisotopic (exact) mass is 670 g/mol. The van der Waals surface area contributed by atoms with Gasteiger partial charge >= 0.3 is 0 Å². The molecule has 0 unspecified atom stereocenters. The number of hydrogen-bond donors (Lipinski definition) is 0. The van der Waals surface area contributed by atoms with E-state index in [0.29, 0.717) is 0 Å². The van der Waals surface area contributed by atoms with Crippen LogP contribution in [-0.2, 0) is 0 Å². The molecule has 0 aliphatic heterocycles. The topological polar surface area (TPSA) is 0 Å². The van der Waals surface area contributed by atoms with Gasteiger partial charge in [0.25, 0.3) is 0 Å². The summed E-state index contributed by atoms with van der Waals surface area (Å²) in [6.45, 7) is 0. The van der Waals surface area contributed by atoms with Crippen molar-refractivity contribution >= 4 is 86.2 Å². The highest BCUT2D eigenvalue weighted by Crippen LogP contribution is 2.57. The number of fused-ring (bicyclic) bond motifs is 10. The molecule has 0 saturated carbocycles. The van der Waals surface area contributed by atoms with Gasteiger partial charge in [-0.05, 0) is 126 Å². The van der Waals surface area contributed by atoms with E-state index in [0.717, 1.165) is 0 Å². The minimum Gasteiger partial charge on any atom is -0.0776 e. The Kier molecular flexibility index (Phi) is 6.28. The third-order valence-corrected chi connectivity index (χ3v) is 11.7. The third kappa shape index (κ3) is 3.90. The van der Waals surface area contributed by atoms with Crippen molar-refractivity contribution in [1.29, 1.82) is 0 Å². The lowest BCUT2D eigenvalue weighted by Crippen LogP contribution is -1.92. The standard InChI is InChI=1S/C52H30.CH4/c1-4-16-31(17-5-1)44-37-25-13-12-24-36(37)39-27-15-29-41-48(39)51(44)52-46(33-20-8-3-9-21-33)49-40-28-14-26-38-34-22-10-11-23-35(34)42(47(38)40)30-43(49)45(50(41)52)32-18-6-2-7-19-32;/h1-30H;1H4. The molecule has 12 aromatic rings. The lowest BCUT2D eigenvalue weighted by atomic mass is 9.83. The maximum Gasteiger partial charge on any atom is -0.0000717 e. The highest BCUT2D eigenvalue weighted by molar-refractivity contribution is 6.48. The van der Waals surface area contributed by atoms with E-state index in [1.54, 1.807) is 0 Å². The molecule has 12 rings (SSSR count). The predicted molar refractivity (Wildman–Crippen MR) is 232 cm³/mol. The molecule has 0 spiro atoms. The van der Waals surface area contributed by atoms with Crippen molar-refractivity contribution in [2.75, 3.05) is 0 Å². The second-order valence-electron chi connectivity index (χ2n) is 14.2. The normalized spacial score (nSPS) is 12.0. The Morgan fingerprint density at radius 2 is 0.566 bits per heavy atom. The molecule has 0 heterocycles. The fraction of sp³-hybridized carbons (Fsp3) is 0.0189. The molecule has 12 aromatic carbocycles. The molecule has 53 heavy (non-hydrogen) atoms. The summed E-state index contributed by atoms with van der Waals surface area (Å²) in [5, 5.41) is 21.2. The number of rotatable bonds is 3. The Morgan fingerprint density at radius 3 is 1.15 bits per heavy atom. The van der Waals surface area contributed by atoms with Crippen molar-refractivity contribution in [1.82, 2.24) is 0 Å². The summed E-state index contributed by atoms with van der Waals surface area (Å²) in [7, 11) is 0. The quantitative estimate of drug-likeness (QED) is 0.164. The first-order valence-electron chi connectivity index (χ1n) is 18.2. The van der Waals surface area contributed by atoms with E-state index in [9.17, 15) is 0 Å². The Balaban J connectivity index is 0.00000331. The molecule has 0 aromatic heterocycles. The molecule has 0 aliphatic rings. The molecule has 0 aliphatic carbocycles. The molecule has 0 bridgehead atoms. The molecular weight excluding hydrogens is 637 g/mol. The van der Waals surface area contributed by atoms with Crippen LogP contribution in [0.3, 0.4) is 0 Å². The number of hydrogen-bond acceptors (Lipinski definition) is 0. The first kappa shape index (κ1) is 29.9. The van der Waals surface area contributed by atoms with Crippen LogP contribution in [0.1, 0.15) is 7.43 Å². The second-order valence-corrected chi connectivity index (χ2v) is 14.2. The fourth-order valence-corrected chi connectivity index (χ4v) is 9.77. The van der Waals surface area contributed by atoms with Crippen LogP contribution >= 0.6 is 0 Å². The second kappa shape index (κ2) is 11.1. The summed E-state index contributed by atoms with van der Waals surface area (Å²) in [5.74, 6) is 0. The maximum atomic E-state index is 2.53. The highest BCUT2D eigenvalue weighted by Gasteiger charge is 2.28. The van der Waals surface area contributed by atoms with Gasteiger partial charge in [0, 0.05) is 0 Å².